The first kappa shape index (κ1) is 21.4. The number of amides is 1. The number of rotatable bonds is 8. The number of carbonyl (C=O) groups is 1. The smallest absolute Gasteiger partial charge is 0.254 e. The van der Waals surface area contributed by atoms with E-state index in [4.69, 9.17) is 14.5 Å². The number of hydrogen-bond acceptors (Lipinski definition) is 6. The monoisotopic (exact) mass is 439 g/mol. The third-order valence-electron chi connectivity index (χ3n) is 5.53. The molecule has 0 aliphatic carbocycles. The fraction of sp³-hybridized carbons (Fsp3) is 0.417. The van der Waals surface area contributed by atoms with Crippen LogP contribution in [-0.4, -0.2) is 55.7 Å². The van der Waals surface area contributed by atoms with Crippen molar-refractivity contribution >= 4 is 32.6 Å². The van der Waals surface area contributed by atoms with Crippen LogP contribution in [0.4, 0.5) is 5.13 Å². The van der Waals surface area contributed by atoms with E-state index in [9.17, 15) is 4.79 Å². The minimum absolute atomic E-state index is 0.0598. The zero-order valence-corrected chi connectivity index (χ0v) is 19.0. The van der Waals surface area contributed by atoms with Gasteiger partial charge in [-0.15, -0.1) is 0 Å². The molecule has 0 saturated carbocycles. The molecule has 6 nitrogen and oxygen atoms in total. The zero-order chi connectivity index (χ0) is 21.6. The summed E-state index contributed by atoms with van der Waals surface area (Å²) in [5, 5.41) is 0.981. The lowest BCUT2D eigenvalue weighted by molar-refractivity contribution is 0.0746. The van der Waals surface area contributed by atoms with Gasteiger partial charge in [0.15, 0.2) is 5.13 Å². The van der Waals surface area contributed by atoms with Crippen molar-refractivity contribution in [2.24, 2.45) is 0 Å². The van der Waals surface area contributed by atoms with Crippen molar-refractivity contribution in [3.8, 4) is 11.5 Å². The van der Waals surface area contributed by atoms with Crippen molar-refractivity contribution in [2.75, 3.05) is 44.8 Å². The van der Waals surface area contributed by atoms with Gasteiger partial charge in [0, 0.05) is 31.7 Å². The molecule has 2 aromatic carbocycles. The highest BCUT2D eigenvalue weighted by Crippen LogP contribution is 2.34. The molecule has 3 aromatic rings. The van der Waals surface area contributed by atoms with E-state index in [2.05, 4.69) is 17.9 Å². The Bertz CT molecular complexity index is 1030. The standard InChI is InChI=1S/C24H29N3O3S/c1-3-4-5-16-30-19-9-6-8-18(17-19)23(28)26-12-14-27(15-13-26)24-25-22-20(29-2)10-7-11-21(22)31-24/h6-11,17H,3-5,12-16H2,1-2H3. The number of hydrogen-bond donors (Lipinski definition) is 0. The van der Waals surface area contributed by atoms with E-state index >= 15 is 0 Å². The first-order valence-electron chi connectivity index (χ1n) is 10.9. The second-order valence-electron chi connectivity index (χ2n) is 7.67. The zero-order valence-electron chi connectivity index (χ0n) is 18.2. The van der Waals surface area contributed by atoms with Crippen LogP contribution >= 0.6 is 11.3 Å². The molecular formula is C24H29N3O3S. The number of unbranched alkanes of at least 4 members (excludes halogenated alkanes) is 2. The van der Waals surface area contributed by atoms with Gasteiger partial charge in [-0.3, -0.25) is 4.79 Å². The molecule has 4 rings (SSSR count). The lowest BCUT2D eigenvalue weighted by Crippen LogP contribution is -2.48. The fourth-order valence-corrected chi connectivity index (χ4v) is 4.79. The molecule has 1 amide bonds. The Balaban J connectivity index is 1.37. The number of aromatic nitrogens is 1. The maximum absolute atomic E-state index is 13.0. The van der Waals surface area contributed by atoms with Crippen LogP contribution in [0.25, 0.3) is 10.2 Å². The Morgan fingerprint density at radius 2 is 1.90 bits per heavy atom. The van der Waals surface area contributed by atoms with Gasteiger partial charge in [0.05, 0.1) is 18.4 Å². The van der Waals surface area contributed by atoms with Crippen molar-refractivity contribution in [1.29, 1.82) is 0 Å². The minimum atomic E-state index is 0.0598. The van der Waals surface area contributed by atoms with Crippen molar-refractivity contribution in [3.05, 3.63) is 48.0 Å². The van der Waals surface area contributed by atoms with E-state index in [-0.39, 0.29) is 5.91 Å². The molecule has 1 aromatic heterocycles. The topological polar surface area (TPSA) is 54.9 Å². The number of nitrogens with zero attached hydrogens (tertiary/aromatic N) is 3. The summed E-state index contributed by atoms with van der Waals surface area (Å²) in [7, 11) is 1.67. The number of piperazine rings is 1. The van der Waals surface area contributed by atoms with E-state index < -0.39 is 0 Å². The third-order valence-corrected chi connectivity index (χ3v) is 6.61. The first-order valence-corrected chi connectivity index (χ1v) is 11.7. The van der Waals surface area contributed by atoms with Gasteiger partial charge < -0.3 is 19.3 Å². The number of para-hydroxylation sites is 1. The maximum atomic E-state index is 13.0. The second-order valence-corrected chi connectivity index (χ2v) is 8.68. The highest BCUT2D eigenvalue weighted by molar-refractivity contribution is 7.22. The van der Waals surface area contributed by atoms with E-state index in [1.165, 1.54) is 6.42 Å². The first-order chi connectivity index (χ1) is 15.2. The molecule has 7 heteroatoms. The lowest BCUT2D eigenvalue weighted by Gasteiger charge is -2.34. The summed E-state index contributed by atoms with van der Waals surface area (Å²) >= 11 is 1.67. The molecule has 0 spiro atoms. The van der Waals surface area contributed by atoms with Gasteiger partial charge in [-0.25, -0.2) is 4.98 Å². The largest absolute Gasteiger partial charge is 0.494 e. The van der Waals surface area contributed by atoms with E-state index in [1.54, 1.807) is 18.4 Å². The number of fused-ring (bicyclic) bond motifs is 1. The molecule has 1 aliphatic heterocycles. The fourth-order valence-electron chi connectivity index (χ4n) is 3.76. The quantitative estimate of drug-likeness (QED) is 0.470. The van der Waals surface area contributed by atoms with Gasteiger partial charge in [0.25, 0.3) is 5.91 Å². The minimum Gasteiger partial charge on any atom is -0.494 e. The Morgan fingerprint density at radius 1 is 1.10 bits per heavy atom. The van der Waals surface area contributed by atoms with Crippen LogP contribution < -0.4 is 14.4 Å². The third kappa shape index (κ3) is 4.93. The SMILES string of the molecule is CCCCCOc1cccc(C(=O)N2CCN(c3nc4c(OC)cccc4s3)CC2)c1. The molecule has 1 fully saturated rings. The molecule has 1 aliphatic rings. The van der Waals surface area contributed by atoms with Gasteiger partial charge >= 0.3 is 0 Å². The van der Waals surface area contributed by atoms with Crippen LogP contribution in [-0.2, 0) is 0 Å². The number of benzene rings is 2. The summed E-state index contributed by atoms with van der Waals surface area (Å²) in [5.41, 5.74) is 1.59. The molecule has 31 heavy (non-hydrogen) atoms. The van der Waals surface area contributed by atoms with Crippen LogP contribution in [0, 0.1) is 0 Å². The predicted molar refractivity (Wildman–Crippen MR) is 126 cm³/mol. The van der Waals surface area contributed by atoms with Gasteiger partial charge in [-0.05, 0) is 36.8 Å². The van der Waals surface area contributed by atoms with Crippen LogP contribution in [0.1, 0.15) is 36.5 Å². The van der Waals surface area contributed by atoms with E-state index in [0.29, 0.717) is 25.3 Å². The number of methoxy groups -OCH3 is 1. The van der Waals surface area contributed by atoms with Gasteiger partial charge in [0.1, 0.15) is 17.0 Å². The summed E-state index contributed by atoms with van der Waals surface area (Å²) in [6.07, 6.45) is 3.36. The van der Waals surface area contributed by atoms with Crippen molar-refractivity contribution in [3.63, 3.8) is 0 Å². The summed E-state index contributed by atoms with van der Waals surface area (Å²) < 4.78 is 12.4. The Kier molecular flexibility index (Phi) is 6.92. The molecule has 164 valence electrons. The number of carbonyl (C=O) groups excluding carboxylic acids is 1. The molecule has 0 unspecified atom stereocenters. The van der Waals surface area contributed by atoms with Crippen LogP contribution in [0.2, 0.25) is 0 Å². The van der Waals surface area contributed by atoms with Crippen molar-refractivity contribution < 1.29 is 14.3 Å². The van der Waals surface area contributed by atoms with Crippen LogP contribution in [0.3, 0.4) is 0 Å². The van der Waals surface area contributed by atoms with Gasteiger partial charge in [0.2, 0.25) is 0 Å². The Labute approximate surface area is 187 Å². The number of ether oxygens (including phenoxy) is 2. The average Bonchev–Trinajstić information content (AvgIpc) is 3.26. The van der Waals surface area contributed by atoms with Crippen molar-refractivity contribution in [1.82, 2.24) is 9.88 Å². The Morgan fingerprint density at radius 3 is 2.68 bits per heavy atom. The Hall–Kier alpha value is -2.80. The highest BCUT2D eigenvalue weighted by atomic mass is 32.1. The number of thiazole rings is 1. The average molecular weight is 440 g/mol. The second kappa shape index (κ2) is 10.0. The molecule has 0 N–H and O–H groups in total. The normalized spacial score (nSPS) is 14.1. The molecule has 0 radical (unpaired) electrons. The summed E-state index contributed by atoms with van der Waals surface area (Å²) in [6.45, 7) is 5.74. The van der Waals surface area contributed by atoms with Crippen LogP contribution in [0.15, 0.2) is 42.5 Å². The van der Waals surface area contributed by atoms with Gasteiger partial charge in [-0.2, -0.15) is 0 Å². The predicted octanol–water partition coefficient (Wildman–Crippen LogP) is 4.84. The summed E-state index contributed by atoms with van der Waals surface area (Å²) in [6, 6.07) is 13.5. The lowest BCUT2D eigenvalue weighted by atomic mass is 10.1. The van der Waals surface area contributed by atoms with E-state index in [0.717, 1.165) is 52.8 Å². The number of anilines is 1. The molecule has 0 bridgehead atoms. The molecule has 2 heterocycles. The highest BCUT2D eigenvalue weighted by Gasteiger charge is 2.24. The maximum Gasteiger partial charge on any atom is 0.254 e. The molecule has 0 atom stereocenters. The van der Waals surface area contributed by atoms with E-state index in [1.807, 2.05) is 41.3 Å². The molecule has 1 saturated heterocycles. The summed E-state index contributed by atoms with van der Waals surface area (Å²) in [4.78, 5) is 22.0. The van der Waals surface area contributed by atoms with Crippen LogP contribution in [0.5, 0.6) is 11.5 Å². The molecular weight excluding hydrogens is 410 g/mol. The summed E-state index contributed by atoms with van der Waals surface area (Å²) in [5.74, 6) is 1.62. The van der Waals surface area contributed by atoms with Crippen molar-refractivity contribution in [2.45, 2.75) is 26.2 Å². The van der Waals surface area contributed by atoms with Gasteiger partial charge in [-0.1, -0.05) is 43.2 Å².